The highest BCUT2D eigenvalue weighted by atomic mass is 16.1. The van der Waals surface area contributed by atoms with Gasteiger partial charge in [0.1, 0.15) is 23.0 Å². The van der Waals surface area contributed by atoms with E-state index < -0.39 is 5.41 Å². The Morgan fingerprint density at radius 2 is 2.03 bits per heavy atom. The second kappa shape index (κ2) is 8.02. The van der Waals surface area contributed by atoms with Crippen LogP contribution in [0, 0.1) is 12.3 Å². The quantitative estimate of drug-likeness (QED) is 0.534. The van der Waals surface area contributed by atoms with Gasteiger partial charge in [0.25, 0.3) is 0 Å². The van der Waals surface area contributed by atoms with Crippen LogP contribution in [-0.4, -0.2) is 37.0 Å². The number of nitrogens with one attached hydrogen (secondary N) is 2. The summed E-state index contributed by atoms with van der Waals surface area (Å²) in [4.78, 5) is 29.4. The molecular weight excluding hydrogens is 368 g/mol. The molecule has 3 heterocycles. The molecule has 4 N–H and O–H groups in total. The highest BCUT2D eigenvalue weighted by molar-refractivity contribution is 5.81. The van der Waals surface area contributed by atoms with Gasteiger partial charge in [-0.25, -0.2) is 15.0 Å². The molecule has 0 bridgehead atoms. The SMILES string of the molecule is CCC(C)(CNc1nccc(Nc2cc3c(cn2)nc(C)n3C(C)C)n1)C(N)=O. The number of aromatic nitrogens is 5. The third-order valence-corrected chi connectivity index (χ3v) is 5.19. The zero-order chi connectivity index (χ0) is 21.2. The maximum atomic E-state index is 11.7. The molecular formula is C20H28N8O. The molecule has 9 heteroatoms. The fourth-order valence-corrected chi connectivity index (χ4v) is 3.14. The first-order valence-electron chi connectivity index (χ1n) is 9.72. The van der Waals surface area contributed by atoms with Gasteiger partial charge >= 0.3 is 0 Å². The summed E-state index contributed by atoms with van der Waals surface area (Å²) in [6, 6.07) is 4.02. The lowest BCUT2D eigenvalue weighted by Crippen LogP contribution is -2.39. The Hall–Kier alpha value is -3.23. The first-order chi connectivity index (χ1) is 13.7. The van der Waals surface area contributed by atoms with Crippen molar-refractivity contribution in [3.63, 3.8) is 0 Å². The van der Waals surface area contributed by atoms with E-state index in [9.17, 15) is 4.79 Å². The van der Waals surface area contributed by atoms with Crippen LogP contribution in [-0.2, 0) is 4.79 Å². The van der Waals surface area contributed by atoms with Crippen molar-refractivity contribution in [2.75, 3.05) is 17.2 Å². The molecule has 9 nitrogen and oxygen atoms in total. The minimum Gasteiger partial charge on any atom is -0.369 e. The summed E-state index contributed by atoms with van der Waals surface area (Å²) >= 11 is 0. The van der Waals surface area contributed by atoms with Gasteiger partial charge in [-0.15, -0.1) is 0 Å². The van der Waals surface area contributed by atoms with Crippen molar-refractivity contribution < 1.29 is 4.79 Å². The van der Waals surface area contributed by atoms with Crippen LogP contribution in [0.4, 0.5) is 17.6 Å². The average molecular weight is 396 g/mol. The molecule has 0 aliphatic heterocycles. The van der Waals surface area contributed by atoms with Crippen LogP contribution in [0.2, 0.25) is 0 Å². The van der Waals surface area contributed by atoms with E-state index in [1.165, 1.54) is 0 Å². The van der Waals surface area contributed by atoms with E-state index in [0.717, 1.165) is 16.9 Å². The number of aryl methyl sites for hydroxylation is 1. The van der Waals surface area contributed by atoms with E-state index in [2.05, 4.69) is 49.0 Å². The summed E-state index contributed by atoms with van der Waals surface area (Å²) in [6.07, 6.45) is 4.02. The Morgan fingerprint density at radius 1 is 1.28 bits per heavy atom. The predicted octanol–water partition coefficient (Wildman–Crippen LogP) is 3.17. The number of carbonyl (C=O) groups is 1. The summed E-state index contributed by atoms with van der Waals surface area (Å²) in [5, 5.41) is 6.31. The fraction of sp³-hybridized carbons (Fsp3) is 0.450. The smallest absolute Gasteiger partial charge is 0.225 e. The minimum atomic E-state index is -0.660. The molecule has 154 valence electrons. The van der Waals surface area contributed by atoms with E-state index in [-0.39, 0.29) is 5.91 Å². The van der Waals surface area contributed by atoms with Crippen LogP contribution < -0.4 is 16.4 Å². The number of primary amides is 1. The molecule has 0 aliphatic rings. The van der Waals surface area contributed by atoms with E-state index >= 15 is 0 Å². The molecule has 3 aromatic heterocycles. The summed E-state index contributed by atoms with van der Waals surface area (Å²) in [6.45, 7) is 10.4. The Morgan fingerprint density at radius 3 is 2.69 bits per heavy atom. The van der Waals surface area contributed by atoms with Crippen LogP contribution in [0.5, 0.6) is 0 Å². The Kier molecular flexibility index (Phi) is 5.67. The van der Waals surface area contributed by atoms with Gasteiger partial charge in [0.15, 0.2) is 0 Å². The minimum absolute atomic E-state index is 0.295. The number of rotatable bonds is 8. The van der Waals surface area contributed by atoms with Gasteiger partial charge < -0.3 is 20.9 Å². The van der Waals surface area contributed by atoms with Crippen LogP contribution in [0.15, 0.2) is 24.5 Å². The Labute approximate surface area is 170 Å². The third kappa shape index (κ3) is 4.28. The van der Waals surface area contributed by atoms with Crippen LogP contribution in [0.3, 0.4) is 0 Å². The lowest BCUT2D eigenvalue weighted by Gasteiger charge is -2.24. The largest absolute Gasteiger partial charge is 0.369 e. The molecule has 1 amide bonds. The molecule has 0 spiro atoms. The third-order valence-electron chi connectivity index (χ3n) is 5.19. The maximum absolute atomic E-state index is 11.7. The molecule has 0 radical (unpaired) electrons. The van der Waals surface area contributed by atoms with Gasteiger partial charge in [-0.05, 0) is 40.2 Å². The van der Waals surface area contributed by atoms with Crippen molar-refractivity contribution in [1.29, 1.82) is 0 Å². The number of amides is 1. The van der Waals surface area contributed by atoms with Gasteiger partial charge in [-0.2, -0.15) is 4.98 Å². The second-order valence-electron chi connectivity index (χ2n) is 7.70. The molecule has 0 saturated carbocycles. The normalized spacial score (nSPS) is 13.4. The molecule has 3 aromatic rings. The zero-order valence-electron chi connectivity index (χ0n) is 17.5. The Balaban J connectivity index is 1.80. The standard InChI is InChI=1S/C20H28N8O/c1-6-20(5,18(21)29)11-24-19-22-8-7-16(27-19)26-17-9-15-14(10-23-17)25-13(4)28(15)12(2)3/h7-10,12H,6,11H2,1-5H3,(H2,21,29)(H2,22,23,24,26,27). The summed E-state index contributed by atoms with van der Waals surface area (Å²) in [5.74, 6) is 2.28. The maximum Gasteiger partial charge on any atom is 0.225 e. The summed E-state index contributed by atoms with van der Waals surface area (Å²) < 4.78 is 2.17. The molecule has 0 fully saturated rings. The molecule has 3 rings (SSSR count). The number of hydrogen-bond acceptors (Lipinski definition) is 7. The lowest BCUT2D eigenvalue weighted by molar-refractivity contribution is -0.126. The monoisotopic (exact) mass is 396 g/mol. The summed E-state index contributed by atoms with van der Waals surface area (Å²) in [7, 11) is 0. The highest BCUT2D eigenvalue weighted by Crippen LogP contribution is 2.24. The number of carbonyl (C=O) groups excluding carboxylic acids is 1. The first kappa shape index (κ1) is 20.5. The van der Waals surface area contributed by atoms with E-state index in [0.29, 0.717) is 36.6 Å². The molecule has 1 atom stereocenters. The van der Waals surface area contributed by atoms with Gasteiger partial charge in [0, 0.05) is 24.8 Å². The number of fused-ring (bicyclic) bond motifs is 1. The van der Waals surface area contributed by atoms with Crippen LogP contribution in [0.25, 0.3) is 11.0 Å². The molecule has 0 aliphatic carbocycles. The van der Waals surface area contributed by atoms with E-state index in [1.54, 1.807) is 18.5 Å². The van der Waals surface area contributed by atoms with Crippen molar-refractivity contribution in [1.82, 2.24) is 24.5 Å². The van der Waals surface area contributed by atoms with Crippen molar-refractivity contribution in [3.05, 3.63) is 30.4 Å². The number of pyridine rings is 1. The predicted molar refractivity (Wildman–Crippen MR) is 114 cm³/mol. The lowest BCUT2D eigenvalue weighted by atomic mass is 9.87. The Bertz CT molecular complexity index is 1030. The van der Waals surface area contributed by atoms with Crippen molar-refractivity contribution in [2.24, 2.45) is 11.1 Å². The molecule has 0 saturated heterocycles. The van der Waals surface area contributed by atoms with Gasteiger partial charge in [-0.3, -0.25) is 4.79 Å². The number of anilines is 3. The summed E-state index contributed by atoms with van der Waals surface area (Å²) in [5.41, 5.74) is 6.73. The van der Waals surface area contributed by atoms with Crippen LogP contribution >= 0.6 is 0 Å². The first-order valence-corrected chi connectivity index (χ1v) is 9.72. The molecule has 1 unspecified atom stereocenters. The number of nitrogens with two attached hydrogens (primary N) is 1. The van der Waals surface area contributed by atoms with E-state index in [4.69, 9.17) is 5.73 Å². The highest BCUT2D eigenvalue weighted by Gasteiger charge is 2.29. The van der Waals surface area contributed by atoms with Crippen molar-refractivity contribution >= 4 is 34.5 Å². The number of nitrogens with zero attached hydrogens (tertiary/aromatic N) is 5. The number of hydrogen-bond donors (Lipinski definition) is 3. The van der Waals surface area contributed by atoms with Gasteiger partial charge in [0.2, 0.25) is 11.9 Å². The number of imidazole rings is 1. The average Bonchev–Trinajstić information content (AvgIpc) is 3.01. The fourth-order valence-electron chi connectivity index (χ4n) is 3.14. The van der Waals surface area contributed by atoms with Crippen molar-refractivity contribution in [3.8, 4) is 0 Å². The van der Waals surface area contributed by atoms with Gasteiger partial charge in [-0.1, -0.05) is 6.92 Å². The second-order valence-corrected chi connectivity index (χ2v) is 7.70. The van der Waals surface area contributed by atoms with E-state index in [1.807, 2.05) is 26.8 Å². The van der Waals surface area contributed by atoms with Crippen molar-refractivity contribution in [2.45, 2.75) is 47.1 Å². The molecule has 29 heavy (non-hydrogen) atoms. The zero-order valence-corrected chi connectivity index (χ0v) is 17.5. The van der Waals surface area contributed by atoms with Gasteiger partial charge in [0.05, 0.1) is 17.1 Å². The topological polar surface area (TPSA) is 124 Å². The van der Waals surface area contributed by atoms with Crippen LogP contribution in [0.1, 0.15) is 46.0 Å². The molecule has 0 aromatic carbocycles.